The molecule has 0 saturated heterocycles. The summed E-state index contributed by atoms with van der Waals surface area (Å²) in [4.78, 5) is 22.5. The third kappa shape index (κ3) is 2.79. The summed E-state index contributed by atoms with van der Waals surface area (Å²) in [5, 5.41) is 13.1. The molecule has 2 rings (SSSR count). The van der Waals surface area contributed by atoms with Crippen molar-refractivity contribution < 1.29 is 27.9 Å². The maximum Gasteiger partial charge on any atom is 0.416 e. The van der Waals surface area contributed by atoms with Gasteiger partial charge < -0.3 is 5.11 Å². The average Bonchev–Trinajstić information content (AvgIpc) is 2.38. The van der Waals surface area contributed by atoms with Crippen LogP contribution in [0.1, 0.15) is 18.4 Å². The maximum atomic E-state index is 12.6. The Morgan fingerprint density at radius 1 is 1.30 bits per heavy atom. The minimum absolute atomic E-state index is 0.0381. The Hall–Kier alpha value is -2.38. The van der Waals surface area contributed by atoms with Crippen molar-refractivity contribution in [1.82, 2.24) is 0 Å². The lowest BCUT2D eigenvalue weighted by atomic mass is 10.1. The number of hydrazone groups is 1. The SMILES string of the molecule is O=C(O)C1=NN(c2cccc(C(F)(F)F)c2)C(=O)CC1. The van der Waals surface area contributed by atoms with Crippen LogP contribution in [0, 0.1) is 0 Å². The van der Waals surface area contributed by atoms with E-state index in [1.807, 2.05) is 0 Å². The van der Waals surface area contributed by atoms with Crippen LogP contribution in [0.4, 0.5) is 18.9 Å². The summed E-state index contributed by atoms with van der Waals surface area (Å²) < 4.78 is 37.8. The molecule has 0 unspecified atom stereocenters. The molecule has 8 heteroatoms. The molecule has 0 bridgehead atoms. The highest BCUT2D eigenvalue weighted by molar-refractivity contribution is 6.37. The summed E-state index contributed by atoms with van der Waals surface area (Å²) in [5.74, 6) is -1.84. The molecule has 0 aliphatic carbocycles. The van der Waals surface area contributed by atoms with Crippen LogP contribution >= 0.6 is 0 Å². The molecule has 1 aromatic rings. The third-order valence-electron chi connectivity index (χ3n) is 2.70. The van der Waals surface area contributed by atoms with Crippen molar-refractivity contribution in [2.24, 2.45) is 5.10 Å². The van der Waals surface area contributed by atoms with E-state index in [-0.39, 0.29) is 24.2 Å². The molecule has 1 amide bonds. The Bertz CT molecular complexity index is 596. The highest BCUT2D eigenvalue weighted by Gasteiger charge is 2.32. The number of benzene rings is 1. The zero-order valence-electron chi connectivity index (χ0n) is 10.0. The van der Waals surface area contributed by atoms with Crippen molar-refractivity contribution in [1.29, 1.82) is 0 Å². The first-order chi connectivity index (χ1) is 9.29. The minimum Gasteiger partial charge on any atom is -0.477 e. The number of hydrogen-bond acceptors (Lipinski definition) is 3. The van der Waals surface area contributed by atoms with E-state index in [0.29, 0.717) is 5.01 Å². The number of hydrogen-bond donors (Lipinski definition) is 1. The number of alkyl halides is 3. The van der Waals surface area contributed by atoms with E-state index in [9.17, 15) is 22.8 Å². The van der Waals surface area contributed by atoms with Gasteiger partial charge in [-0.05, 0) is 18.2 Å². The van der Waals surface area contributed by atoms with Gasteiger partial charge in [-0.2, -0.15) is 18.3 Å². The van der Waals surface area contributed by atoms with Gasteiger partial charge in [0.25, 0.3) is 0 Å². The van der Waals surface area contributed by atoms with Crippen molar-refractivity contribution in [3.63, 3.8) is 0 Å². The second-order valence-electron chi connectivity index (χ2n) is 4.11. The topological polar surface area (TPSA) is 70.0 Å². The number of carboxylic acids is 1. The average molecular weight is 286 g/mol. The summed E-state index contributed by atoms with van der Waals surface area (Å²) in [7, 11) is 0. The second-order valence-corrected chi connectivity index (χ2v) is 4.11. The van der Waals surface area contributed by atoms with Crippen LogP contribution < -0.4 is 5.01 Å². The molecule has 0 radical (unpaired) electrons. The van der Waals surface area contributed by atoms with Gasteiger partial charge in [-0.3, -0.25) is 4.79 Å². The molecular weight excluding hydrogens is 277 g/mol. The molecule has 5 nitrogen and oxygen atoms in total. The summed E-state index contributed by atoms with van der Waals surface area (Å²) in [6, 6.07) is 4.02. The zero-order chi connectivity index (χ0) is 14.9. The van der Waals surface area contributed by atoms with Gasteiger partial charge in [0.15, 0.2) is 0 Å². The van der Waals surface area contributed by atoms with Crippen LogP contribution in [0.25, 0.3) is 0 Å². The van der Waals surface area contributed by atoms with E-state index >= 15 is 0 Å². The Balaban J connectivity index is 2.42. The standard InChI is InChI=1S/C12H9F3N2O3/c13-12(14,15)7-2-1-3-8(6-7)17-10(18)5-4-9(16-17)11(19)20/h1-3,6H,4-5H2,(H,19,20). The van der Waals surface area contributed by atoms with Crippen LogP contribution in [-0.2, 0) is 15.8 Å². The van der Waals surface area contributed by atoms with E-state index < -0.39 is 23.6 Å². The number of carbonyl (C=O) groups is 2. The van der Waals surface area contributed by atoms with Crippen LogP contribution in [-0.4, -0.2) is 22.7 Å². The largest absolute Gasteiger partial charge is 0.477 e. The summed E-state index contributed by atoms with van der Waals surface area (Å²) in [6.45, 7) is 0. The molecule has 1 heterocycles. The fourth-order valence-corrected chi connectivity index (χ4v) is 1.72. The molecular formula is C12H9F3N2O3. The van der Waals surface area contributed by atoms with E-state index in [4.69, 9.17) is 5.11 Å². The summed E-state index contributed by atoms with van der Waals surface area (Å²) in [6.07, 6.45) is -4.70. The lowest BCUT2D eigenvalue weighted by Crippen LogP contribution is -2.34. The Kier molecular flexibility index (Phi) is 3.47. The van der Waals surface area contributed by atoms with Gasteiger partial charge in [-0.1, -0.05) is 6.07 Å². The number of amides is 1. The van der Waals surface area contributed by atoms with Crippen LogP contribution in [0.5, 0.6) is 0 Å². The van der Waals surface area contributed by atoms with Crippen molar-refractivity contribution in [2.75, 3.05) is 5.01 Å². The summed E-state index contributed by atoms with van der Waals surface area (Å²) >= 11 is 0. The van der Waals surface area contributed by atoms with Gasteiger partial charge in [-0.25, -0.2) is 9.80 Å². The van der Waals surface area contributed by atoms with E-state index in [1.165, 1.54) is 6.07 Å². The molecule has 1 aliphatic rings. The zero-order valence-corrected chi connectivity index (χ0v) is 10.0. The Labute approximate surface area is 111 Å². The Morgan fingerprint density at radius 2 is 2.00 bits per heavy atom. The van der Waals surface area contributed by atoms with Gasteiger partial charge in [-0.15, -0.1) is 0 Å². The van der Waals surface area contributed by atoms with Crippen molar-refractivity contribution >= 4 is 23.3 Å². The first-order valence-electron chi connectivity index (χ1n) is 5.60. The second kappa shape index (κ2) is 4.95. The normalized spacial score (nSPS) is 16.1. The van der Waals surface area contributed by atoms with E-state index in [1.54, 1.807) is 0 Å². The number of carboxylic acid groups (broad SMARTS) is 1. The first kappa shape index (κ1) is 14.0. The third-order valence-corrected chi connectivity index (χ3v) is 2.70. The van der Waals surface area contributed by atoms with Gasteiger partial charge in [0, 0.05) is 12.8 Å². The van der Waals surface area contributed by atoms with Gasteiger partial charge in [0.1, 0.15) is 5.71 Å². The molecule has 1 N–H and O–H groups in total. The number of anilines is 1. The quantitative estimate of drug-likeness (QED) is 0.906. The van der Waals surface area contributed by atoms with Gasteiger partial charge in [0.05, 0.1) is 11.3 Å². The van der Waals surface area contributed by atoms with Gasteiger partial charge >= 0.3 is 12.1 Å². The Morgan fingerprint density at radius 3 is 2.60 bits per heavy atom. The monoisotopic (exact) mass is 286 g/mol. The molecule has 0 aromatic heterocycles. The number of rotatable bonds is 2. The summed E-state index contributed by atoms with van der Waals surface area (Å²) in [5.41, 5.74) is -1.30. The predicted octanol–water partition coefficient (Wildman–Crippen LogP) is 2.27. The molecule has 0 saturated carbocycles. The fourth-order valence-electron chi connectivity index (χ4n) is 1.72. The number of halogens is 3. The smallest absolute Gasteiger partial charge is 0.416 e. The van der Waals surface area contributed by atoms with E-state index in [2.05, 4.69) is 5.10 Å². The first-order valence-corrected chi connectivity index (χ1v) is 5.60. The fraction of sp³-hybridized carbons (Fsp3) is 0.250. The maximum absolute atomic E-state index is 12.6. The van der Waals surface area contributed by atoms with Crippen molar-refractivity contribution in [2.45, 2.75) is 19.0 Å². The lowest BCUT2D eigenvalue weighted by Gasteiger charge is -2.22. The number of aliphatic carboxylic acids is 1. The van der Waals surface area contributed by atoms with Gasteiger partial charge in [0.2, 0.25) is 5.91 Å². The molecule has 20 heavy (non-hydrogen) atoms. The highest BCUT2D eigenvalue weighted by Crippen LogP contribution is 2.32. The van der Waals surface area contributed by atoms with Crippen molar-refractivity contribution in [3.05, 3.63) is 29.8 Å². The molecule has 1 aliphatic heterocycles. The van der Waals surface area contributed by atoms with Crippen molar-refractivity contribution in [3.8, 4) is 0 Å². The molecule has 106 valence electrons. The molecule has 0 spiro atoms. The minimum atomic E-state index is -4.55. The molecule has 0 fully saturated rings. The lowest BCUT2D eigenvalue weighted by molar-refractivity contribution is -0.137. The van der Waals surface area contributed by atoms with Crippen LogP contribution in [0.2, 0.25) is 0 Å². The number of nitrogens with zero attached hydrogens (tertiary/aromatic N) is 2. The predicted molar refractivity (Wildman–Crippen MR) is 63.2 cm³/mol. The van der Waals surface area contributed by atoms with E-state index in [0.717, 1.165) is 18.2 Å². The van der Waals surface area contributed by atoms with Crippen LogP contribution in [0.3, 0.4) is 0 Å². The van der Waals surface area contributed by atoms with Crippen LogP contribution in [0.15, 0.2) is 29.4 Å². The molecule has 0 atom stereocenters. The number of carbonyl (C=O) groups excluding carboxylic acids is 1. The highest BCUT2D eigenvalue weighted by atomic mass is 19.4. The molecule has 1 aromatic carbocycles.